The SMILES string of the molecule is CCn1ncc([N+](=O)[O-])c1C(=O)Nc1cc(Oc2ccccc2OC)cc([N+](=O)[O-])c1. The summed E-state index contributed by atoms with van der Waals surface area (Å²) in [4.78, 5) is 33.9. The Balaban J connectivity index is 1.97. The first-order valence-electron chi connectivity index (χ1n) is 8.96. The molecule has 0 aliphatic heterocycles. The topological polar surface area (TPSA) is 152 Å². The van der Waals surface area contributed by atoms with Crippen molar-refractivity contribution < 1.29 is 24.1 Å². The Morgan fingerprint density at radius 2 is 1.84 bits per heavy atom. The number of hydrogen-bond donors (Lipinski definition) is 1. The molecule has 0 radical (unpaired) electrons. The van der Waals surface area contributed by atoms with Gasteiger partial charge in [-0.05, 0) is 19.1 Å². The van der Waals surface area contributed by atoms with Gasteiger partial charge in [0.2, 0.25) is 5.69 Å². The largest absolute Gasteiger partial charge is 0.493 e. The summed E-state index contributed by atoms with van der Waals surface area (Å²) < 4.78 is 12.1. The van der Waals surface area contributed by atoms with Crippen LogP contribution in [0.25, 0.3) is 0 Å². The molecule has 1 heterocycles. The van der Waals surface area contributed by atoms with Crippen molar-refractivity contribution in [3.8, 4) is 17.2 Å². The number of aromatic nitrogens is 2. The Bertz CT molecular complexity index is 1160. The molecular weight excluding hydrogens is 410 g/mol. The number of hydrogen-bond acceptors (Lipinski definition) is 8. The first kappa shape index (κ1) is 21.2. The van der Waals surface area contributed by atoms with Crippen molar-refractivity contribution in [2.24, 2.45) is 0 Å². The standard InChI is InChI=1S/C19H17N5O7/c1-3-22-18(15(11-20-22)24(28)29)19(25)21-12-8-13(23(26)27)10-14(9-12)31-17-7-5-4-6-16(17)30-2/h4-11H,3H2,1-2H3,(H,21,25). The molecule has 0 fully saturated rings. The van der Waals surface area contributed by atoms with Gasteiger partial charge in [-0.25, -0.2) is 0 Å². The highest BCUT2D eigenvalue weighted by molar-refractivity contribution is 6.06. The number of benzene rings is 2. The first-order chi connectivity index (χ1) is 14.8. The van der Waals surface area contributed by atoms with Gasteiger partial charge in [0.1, 0.15) is 11.9 Å². The lowest BCUT2D eigenvalue weighted by atomic mass is 10.2. The molecule has 12 nitrogen and oxygen atoms in total. The summed E-state index contributed by atoms with van der Waals surface area (Å²) in [6.45, 7) is 1.88. The summed E-state index contributed by atoms with van der Waals surface area (Å²) in [5.41, 5.74) is -1.08. The Hall–Kier alpha value is -4.48. The van der Waals surface area contributed by atoms with Crippen LogP contribution in [0, 0.1) is 20.2 Å². The Morgan fingerprint density at radius 1 is 1.13 bits per heavy atom. The molecule has 3 aromatic rings. The van der Waals surface area contributed by atoms with Gasteiger partial charge in [0.15, 0.2) is 11.5 Å². The van der Waals surface area contributed by atoms with Crippen LogP contribution in [0.2, 0.25) is 0 Å². The summed E-state index contributed by atoms with van der Waals surface area (Å²) in [5.74, 6) is -0.0631. The van der Waals surface area contributed by atoms with Crippen LogP contribution in [-0.2, 0) is 6.54 Å². The zero-order valence-electron chi connectivity index (χ0n) is 16.5. The number of carbonyl (C=O) groups is 1. The molecule has 0 bridgehead atoms. The molecule has 12 heteroatoms. The first-order valence-corrected chi connectivity index (χ1v) is 8.96. The third-order valence-corrected chi connectivity index (χ3v) is 4.19. The zero-order valence-corrected chi connectivity index (χ0v) is 16.5. The number of nitrogens with one attached hydrogen (secondary N) is 1. The minimum absolute atomic E-state index is 0.0160. The maximum absolute atomic E-state index is 12.7. The van der Waals surface area contributed by atoms with E-state index in [-0.39, 0.29) is 29.4 Å². The normalized spacial score (nSPS) is 10.4. The molecule has 31 heavy (non-hydrogen) atoms. The second-order valence-corrected chi connectivity index (χ2v) is 6.13. The maximum atomic E-state index is 12.7. The van der Waals surface area contributed by atoms with E-state index in [1.54, 1.807) is 31.2 Å². The van der Waals surface area contributed by atoms with Crippen molar-refractivity contribution in [2.75, 3.05) is 12.4 Å². The summed E-state index contributed by atoms with van der Waals surface area (Å²) >= 11 is 0. The van der Waals surface area contributed by atoms with E-state index in [9.17, 15) is 25.0 Å². The van der Waals surface area contributed by atoms with Gasteiger partial charge in [-0.1, -0.05) is 12.1 Å². The third-order valence-electron chi connectivity index (χ3n) is 4.19. The van der Waals surface area contributed by atoms with Crippen LogP contribution in [0.3, 0.4) is 0 Å². The van der Waals surface area contributed by atoms with Crippen molar-refractivity contribution in [1.82, 2.24) is 9.78 Å². The van der Waals surface area contributed by atoms with E-state index in [0.717, 1.165) is 16.9 Å². The Kier molecular flexibility index (Phi) is 6.10. The molecular formula is C19H17N5O7. The molecule has 1 amide bonds. The smallest absolute Gasteiger partial charge is 0.320 e. The molecule has 0 atom stereocenters. The fourth-order valence-electron chi connectivity index (χ4n) is 2.82. The van der Waals surface area contributed by atoms with E-state index < -0.39 is 21.4 Å². The fourth-order valence-corrected chi connectivity index (χ4v) is 2.82. The lowest BCUT2D eigenvalue weighted by Crippen LogP contribution is -2.18. The van der Waals surface area contributed by atoms with Gasteiger partial charge in [-0.2, -0.15) is 5.10 Å². The third kappa shape index (κ3) is 4.58. The van der Waals surface area contributed by atoms with E-state index in [4.69, 9.17) is 9.47 Å². The maximum Gasteiger partial charge on any atom is 0.320 e. The van der Waals surface area contributed by atoms with Crippen molar-refractivity contribution in [1.29, 1.82) is 0 Å². The molecule has 3 rings (SSSR count). The van der Waals surface area contributed by atoms with Gasteiger partial charge in [0, 0.05) is 18.7 Å². The highest BCUT2D eigenvalue weighted by Crippen LogP contribution is 2.34. The molecule has 0 aliphatic carbocycles. The molecule has 0 aliphatic rings. The number of anilines is 1. The van der Waals surface area contributed by atoms with Crippen molar-refractivity contribution in [2.45, 2.75) is 13.5 Å². The van der Waals surface area contributed by atoms with Gasteiger partial charge in [0.25, 0.3) is 11.6 Å². The quantitative estimate of drug-likeness (QED) is 0.421. The minimum Gasteiger partial charge on any atom is -0.493 e. The van der Waals surface area contributed by atoms with E-state index in [1.807, 2.05) is 0 Å². The predicted octanol–water partition coefficient (Wildman–Crippen LogP) is 3.77. The van der Waals surface area contributed by atoms with E-state index in [1.165, 1.54) is 19.2 Å². The number of ether oxygens (including phenoxy) is 2. The van der Waals surface area contributed by atoms with Gasteiger partial charge >= 0.3 is 5.69 Å². The number of nitro groups is 2. The van der Waals surface area contributed by atoms with E-state index in [2.05, 4.69) is 10.4 Å². The lowest BCUT2D eigenvalue weighted by Gasteiger charge is -2.12. The number of nitrogens with zero attached hydrogens (tertiary/aromatic N) is 4. The molecule has 1 N–H and O–H groups in total. The fraction of sp³-hybridized carbons (Fsp3) is 0.158. The van der Waals surface area contributed by atoms with Crippen molar-refractivity contribution >= 4 is 23.0 Å². The number of non-ortho nitro benzene ring substituents is 1. The predicted molar refractivity (Wildman–Crippen MR) is 109 cm³/mol. The monoisotopic (exact) mass is 427 g/mol. The molecule has 0 unspecified atom stereocenters. The molecule has 0 spiro atoms. The molecule has 2 aromatic carbocycles. The summed E-state index contributed by atoms with van der Waals surface area (Å²) in [6, 6.07) is 10.3. The summed E-state index contributed by atoms with van der Waals surface area (Å²) in [6.07, 6.45) is 0.974. The number of amides is 1. The van der Waals surface area contributed by atoms with Crippen LogP contribution in [0.15, 0.2) is 48.7 Å². The number of rotatable bonds is 8. The molecule has 160 valence electrons. The average Bonchev–Trinajstić information content (AvgIpc) is 3.18. The van der Waals surface area contributed by atoms with Gasteiger partial charge < -0.3 is 14.8 Å². The molecule has 0 saturated carbocycles. The number of aryl methyl sites for hydroxylation is 1. The van der Waals surface area contributed by atoms with Crippen molar-refractivity contribution in [3.63, 3.8) is 0 Å². The second kappa shape index (κ2) is 8.90. The van der Waals surface area contributed by atoms with Crippen LogP contribution in [0.1, 0.15) is 17.4 Å². The second-order valence-electron chi connectivity index (χ2n) is 6.13. The molecule has 0 saturated heterocycles. The van der Waals surface area contributed by atoms with Gasteiger partial charge in [0.05, 0.1) is 28.7 Å². The van der Waals surface area contributed by atoms with Gasteiger partial charge in [-0.3, -0.25) is 29.7 Å². The van der Waals surface area contributed by atoms with Crippen LogP contribution in [-0.4, -0.2) is 32.6 Å². The van der Waals surface area contributed by atoms with E-state index in [0.29, 0.717) is 11.5 Å². The van der Waals surface area contributed by atoms with Crippen LogP contribution < -0.4 is 14.8 Å². The Labute approximate surface area is 175 Å². The number of carbonyl (C=O) groups excluding carboxylic acids is 1. The van der Waals surface area contributed by atoms with Gasteiger partial charge in [-0.15, -0.1) is 0 Å². The van der Waals surface area contributed by atoms with Crippen LogP contribution in [0.5, 0.6) is 17.2 Å². The highest BCUT2D eigenvalue weighted by Gasteiger charge is 2.27. The summed E-state index contributed by atoms with van der Waals surface area (Å²) in [7, 11) is 1.45. The van der Waals surface area contributed by atoms with Crippen molar-refractivity contribution in [3.05, 3.63) is 74.6 Å². The van der Waals surface area contributed by atoms with Crippen LogP contribution >= 0.6 is 0 Å². The number of nitro benzene ring substituents is 1. The lowest BCUT2D eigenvalue weighted by molar-refractivity contribution is -0.385. The molecule has 1 aromatic heterocycles. The zero-order chi connectivity index (χ0) is 22.5. The Morgan fingerprint density at radius 3 is 2.45 bits per heavy atom. The van der Waals surface area contributed by atoms with Crippen LogP contribution in [0.4, 0.5) is 17.1 Å². The number of methoxy groups -OCH3 is 1. The summed E-state index contributed by atoms with van der Waals surface area (Å²) in [5, 5.41) is 28.8. The minimum atomic E-state index is -0.838. The number of para-hydroxylation sites is 2. The van der Waals surface area contributed by atoms with E-state index >= 15 is 0 Å². The average molecular weight is 427 g/mol. The highest BCUT2D eigenvalue weighted by atomic mass is 16.6.